The van der Waals surface area contributed by atoms with Gasteiger partial charge in [0.1, 0.15) is 0 Å². The second-order valence-electron chi connectivity index (χ2n) is 5.27. The average Bonchev–Trinajstić information content (AvgIpc) is 3.16. The van der Waals surface area contributed by atoms with Gasteiger partial charge in [-0.15, -0.1) is 5.10 Å². The molecule has 1 amide bonds. The normalized spacial score (nSPS) is 14.4. The number of rotatable bonds is 5. The zero-order valence-electron chi connectivity index (χ0n) is 12.8. The molecule has 0 unspecified atom stereocenters. The SMILES string of the molecule is CCn1nnc(NC(=O)CC2=C(c3ccccc3)CCC2=O)n1. The largest absolute Gasteiger partial charge is 0.295 e. The minimum atomic E-state index is -0.306. The Balaban J connectivity index is 1.76. The van der Waals surface area contributed by atoms with Crippen LogP contribution in [0.25, 0.3) is 5.57 Å². The molecule has 23 heavy (non-hydrogen) atoms. The summed E-state index contributed by atoms with van der Waals surface area (Å²) in [5.74, 6) is -0.118. The number of anilines is 1. The Morgan fingerprint density at radius 1 is 1.26 bits per heavy atom. The van der Waals surface area contributed by atoms with Crippen molar-refractivity contribution in [2.45, 2.75) is 32.7 Å². The molecule has 0 aliphatic heterocycles. The number of allylic oxidation sites excluding steroid dienone is 1. The Morgan fingerprint density at radius 2 is 2.04 bits per heavy atom. The van der Waals surface area contributed by atoms with Crippen molar-refractivity contribution < 1.29 is 9.59 Å². The van der Waals surface area contributed by atoms with Gasteiger partial charge in [0.15, 0.2) is 5.78 Å². The molecule has 1 heterocycles. The fourth-order valence-electron chi connectivity index (χ4n) is 2.63. The van der Waals surface area contributed by atoms with E-state index in [1.54, 1.807) is 0 Å². The van der Waals surface area contributed by atoms with E-state index in [4.69, 9.17) is 0 Å². The number of benzene rings is 1. The smallest absolute Gasteiger partial charge is 0.270 e. The van der Waals surface area contributed by atoms with E-state index in [1.165, 1.54) is 4.80 Å². The van der Waals surface area contributed by atoms with Gasteiger partial charge in [-0.05, 0) is 29.7 Å². The molecule has 2 aromatic rings. The summed E-state index contributed by atoms with van der Waals surface area (Å²) < 4.78 is 0. The van der Waals surface area contributed by atoms with Crippen LogP contribution in [-0.4, -0.2) is 31.9 Å². The van der Waals surface area contributed by atoms with Crippen molar-refractivity contribution in [1.82, 2.24) is 20.2 Å². The number of nitrogens with zero attached hydrogens (tertiary/aromatic N) is 4. The van der Waals surface area contributed by atoms with Crippen molar-refractivity contribution in [3.05, 3.63) is 41.5 Å². The third-order valence-electron chi connectivity index (χ3n) is 3.75. The Bertz CT molecular complexity index is 764. The molecule has 0 saturated heterocycles. The van der Waals surface area contributed by atoms with Crippen LogP contribution in [-0.2, 0) is 16.1 Å². The number of nitrogens with one attached hydrogen (secondary N) is 1. The Kier molecular flexibility index (Phi) is 4.27. The van der Waals surface area contributed by atoms with E-state index in [2.05, 4.69) is 20.7 Å². The third kappa shape index (κ3) is 3.33. The van der Waals surface area contributed by atoms with Crippen molar-refractivity contribution in [3.63, 3.8) is 0 Å². The first-order valence-corrected chi connectivity index (χ1v) is 7.55. The lowest BCUT2D eigenvalue weighted by Crippen LogP contribution is -2.15. The number of carbonyl (C=O) groups excluding carboxylic acids is 2. The van der Waals surface area contributed by atoms with Gasteiger partial charge in [-0.25, -0.2) is 0 Å². The fraction of sp³-hybridized carbons (Fsp3) is 0.312. The number of amides is 1. The summed E-state index contributed by atoms with van der Waals surface area (Å²) in [5.41, 5.74) is 2.53. The quantitative estimate of drug-likeness (QED) is 0.910. The average molecular weight is 311 g/mol. The summed E-state index contributed by atoms with van der Waals surface area (Å²) in [6.07, 6.45) is 1.16. The summed E-state index contributed by atoms with van der Waals surface area (Å²) in [6.45, 7) is 2.45. The summed E-state index contributed by atoms with van der Waals surface area (Å²) in [4.78, 5) is 25.7. The van der Waals surface area contributed by atoms with Crippen LogP contribution in [0.15, 0.2) is 35.9 Å². The molecule has 0 radical (unpaired) electrons. The molecule has 118 valence electrons. The molecule has 0 atom stereocenters. The monoisotopic (exact) mass is 311 g/mol. The molecule has 3 rings (SSSR count). The van der Waals surface area contributed by atoms with Gasteiger partial charge in [-0.1, -0.05) is 35.4 Å². The highest BCUT2D eigenvalue weighted by molar-refractivity contribution is 6.11. The van der Waals surface area contributed by atoms with Crippen molar-refractivity contribution >= 4 is 23.2 Å². The minimum absolute atomic E-state index is 0.0315. The molecule has 0 spiro atoms. The number of aryl methyl sites for hydroxylation is 1. The zero-order chi connectivity index (χ0) is 16.2. The van der Waals surface area contributed by atoms with Crippen LogP contribution in [0.5, 0.6) is 0 Å². The Labute approximate surface area is 133 Å². The molecule has 1 aromatic heterocycles. The summed E-state index contributed by atoms with van der Waals surface area (Å²) in [5, 5.41) is 14.1. The molecule has 1 aliphatic carbocycles. The predicted octanol–water partition coefficient (Wildman–Crippen LogP) is 1.84. The number of hydrogen-bond donors (Lipinski definition) is 1. The maximum Gasteiger partial charge on any atom is 0.270 e. The molecule has 7 heteroatoms. The highest BCUT2D eigenvalue weighted by atomic mass is 16.2. The minimum Gasteiger partial charge on any atom is -0.295 e. The van der Waals surface area contributed by atoms with Gasteiger partial charge in [-0.2, -0.15) is 4.80 Å². The van der Waals surface area contributed by atoms with Gasteiger partial charge < -0.3 is 0 Å². The van der Waals surface area contributed by atoms with Crippen molar-refractivity contribution in [3.8, 4) is 0 Å². The molecule has 1 aliphatic rings. The van der Waals surface area contributed by atoms with Crippen LogP contribution < -0.4 is 5.32 Å². The summed E-state index contributed by atoms with van der Waals surface area (Å²) in [7, 11) is 0. The van der Waals surface area contributed by atoms with Gasteiger partial charge in [0, 0.05) is 12.0 Å². The first kappa shape index (κ1) is 15.1. The second-order valence-corrected chi connectivity index (χ2v) is 5.27. The van der Waals surface area contributed by atoms with E-state index in [9.17, 15) is 9.59 Å². The Hall–Kier alpha value is -2.83. The van der Waals surface area contributed by atoms with Gasteiger partial charge >= 0.3 is 0 Å². The van der Waals surface area contributed by atoms with Crippen LogP contribution in [0.2, 0.25) is 0 Å². The zero-order valence-corrected chi connectivity index (χ0v) is 12.8. The van der Waals surface area contributed by atoms with E-state index in [0.29, 0.717) is 25.0 Å². The molecular weight excluding hydrogens is 294 g/mol. The van der Waals surface area contributed by atoms with Gasteiger partial charge in [0.25, 0.3) is 5.95 Å². The highest BCUT2D eigenvalue weighted by Gasteiger charge is 2.26. The molecule has 0 bridgehead atoms. The lowest BCUT2D eigenvalue weighted by molar-refractivity contribution is -0.119. The first-order valence-electron chi connectivity index (χ1n) is 7.55. The number of Topliss-reactive ketones (excluding diaryl/α,β-unsaturated/α-hetero) is 1. The third-order valence-corrected chi connectivity index (χ3v) is 3.75. The predicted molar refractivity (Wildman–Crippen MR) is 84.3 cm³/mol. The van der Waals surface area contributed by atoms with Crippen LogP contribution >= 0.6 is 0 Å². The molecule has 1 N–H and O–H groups in total. The van der Waals surface area contributed by atoms with Gasteiger partial charge in [-0.3, -0.25) is 14.9 Å². The lowest BCUT2D eigenvalue weighted by Gasteiger charge is -2.06. The topological polar surface area (TPSA) is 89.8 Å². The van der Waals surface area contributed by atoms with E-state index >= 15 is 0 Å². The molecule has 1 aromatic carbocycles. The van der Waals surface area contributed by atoms with E-state index in [1.807, 2.05) is 37.3 Å². The number of hydrogen-bond acceptors (Lipinski definition) is 5. The maximum atomic E-state index is 12.2. The van der Waals surface area contributed by atoms with E-state index in [-0.39, 0.29) is 24.1 Å². The van der Waals surface area contributed by atoms with Gasteiger partial charge in [0.05, 0.1) is 13.0 Å². The number of ketones is 1. The fourth-order valence-corrected chi connectivity index (χ4v) is 2.63. The van der Waals surface area contributed by atoms with Gasteiger partial charge in [0.2, 0.25) is 5.91 Å². The standard InChI is InChI=1S/C16H17N5O2/c1-2-21-19-16(18-20-21)17-15(23)10-13-12(8-9-14(13)22)11-6-4-3-5-7-11/h3-7H,2,8-10H2,1H3,(H,17,19,23). The molecule has 7 nitrogen and oxygen atoms in total. The molecule has 0 saturated carbocycles. The second kappa shape index (κ2) is 6.51. The van der Waals surface area contributed by atoms with Crippen LogP contribution in [0.1, 0.15) is 31.7 Å². The van der Waals surface area contributed by atoms with Crippen molar-refractivity contribution in [2.24, 2.45) is 0 Å². The van der Waals surface area contributed by atoms with E-state index < -0.39 is 0 Å². The molecular formula is C16H17N5O2. The Morgan fingerprint density at radius 3 is 2.74 bits per heavy atom. The number of carbonyl (C=O) groups is 2. The highest BCUT2D eigenvalue weighted by Crippen LogP contribution is 2.33. The summed E-state index contributed by atoms with van der Waals surface area (Å²) in [6, 6.07) is 9.70. The van der Waals surface area contributed by atoms with Crippen molar-refractivity contribution in [1.29, 1.82) is 0 Å². The molecule has 0 fully saturated rings. The number of aromatic nitrogens is 4. The van der Waals surface area contributed by atoms with Crippen LogP contribution in [0, 0.1) is 0 Å². The summed E-state index contributed by atoms with van der Waals surface area (Å²) >= 11 is 0. The maximum absolute atomic E-state index is 12.2. The lowest BCUT2D eigenvalue weighted by atomic mass is 10.00. The van der Waals surface area contributed by atoms with Crippen LogP contribution in [0.3, 0.4) is 0 Å². The van der Waals surface area contributed by atoms with Crippen LogP contribution in [0.4, 0.5) is 5.95 Å². The van der Waals surface area contributed by atoms with Crippen molar-refractivity contribution in [2.75, 3.05) is 5.32 Å². The van der Waals surface area contributed by atoms with E-state index in [0.717, 1.165) is 11.1 Å². The first-order chi connectivity index (χ1) is 11.2. The number of tetrazole rings is 1.